The van der Waals surface area contributed by atoms with Gasteiger partial charge in [0.05, 0.1) is 5.92 Å². The van der Waals surface area contributed by atoms with E-state index in [9.17, 15) is 14.4 Å². The first kappa shape index (κ1) is 21.2. The molecule has 6 nitrogen and oxygen atoms in total. The van der Waals surface area contributed by atoms with Gasteiger partial charge in [-0.3, -0.25) is 9.59 Å². The van der Waals surface area contributed by atoms with Gasteiger partial charge in [0.15, 0.2) is 0 Å². The lowest BCUT2D eigenvalue weighted by atomic mass is 9.88. The molecule has 0 aromatic rings. The highest BCUT2D eigenvalue weighted by molar-refractivity contribution is 5.79. The minimum atomic E-state index is -0.712. The molecule has 25 heavy (non-hydrogen) atoms. The third-order valence-electron chi connectivity index (χ3n) is 4.35. The molecule has 0 spiro atoms. The number of rotatable bonds is 13. The van der Waals surface area contributed by atoms with E-state index in [1.165, 1.54) is 6.42 Å². The highest BCUT2D eigenvalue weighted by atomic mass is 16.6. The summed E-state index contributed by atoms with van der Waals surface area (Å²) in [6, 6.07) is -0.712. The number of allylic oxidation sites excluding steroid dienone is 1. The Morgan fingerprint density at radius 3 is 2.64 bits per heavy atom. The van der Waals surface area contributed by atoms with Crippen LogP contribution in [-0.2, 0) is 23.9 Å². The Morgan fingerprint density at radius 1 is 1.28 bits per heavy atom. The molecule has 6 heteroatoms. The van der Waals surface area contributed by atoms with Crippen LogP contribution in [0, 0.1) is 5.92 Å². The number of unbranched alkanes of at least 4 members (excludes halogenated alkanes) is 4. The van der Waals surface area contributed by atoms with Crippen LogP contribution in [0.25, 0.3) is 0 Å². The fourth-order valence-corrected chi connectivity index (χ4v) is 2.73. The van der Waals surface area contributed by atoms with Gasteiger partial charge in [0.25, 0.3) is 0 Å². The van der Waals surface area contributed by atoms with Crippen LogP contribution < -0.4 is 5.32 Å². The molecule has 142 valence electrons. The molecule has 1 amide bonds. The van der Waals surface area contributed by atoms with Gasteiger partial charge in [-0.05, 0) is 25.8 Å². The van der Waals surface area contributed by atoms with Crippen molar-refractivity contribution in [3.8, 4) is 0 Å². The molecule has 0 aliphatic carbocycles. The minimum absolute atomic E-state index is 0.105. The third kappa shape index (κ3) is 7.28. The van der Waals surface area contributed by atoms with Crippen LogP contribution in [0.1, 0.15) is 72.1 Å². The molecule has 1 saturated heterocycles. The van der Waals surface area contributed by atoms with Gasteiger partial charge in [-0.1, -0.05) is 46.0 Å². The minimum Gasteiger partial charge on any atom is -0.461 e. The monoisotopic (exact) mass is 353 g/mol. The van der Waals surface area contributed by atoms with Gasteiger partial charge < -0.3 is 14.8 Å². The number of amides is 1. The predicted octanol–water partition coefficient (Wildman–Crippen LogP) is 3.25. The van der Waals surface area contributed by atoms with E-state index in [0.717, 1.165) is 38.5 Å². The van der Waals surface area contributed by atoms with Gasteiger partial charge in [-0.25, -0.2) is 4.79 Å². The highest BCUT2D eigenvalue weighted by Crippen LogP contribution is 2.32. The predicted molar refractivity (Wildman–Crippen MR) is 94.5 cm³/mol. The average Bonchev–Trinajstić information content (AvgIpc) is 2.58. The number of cyclic esters (lactones) is 1. The normalized spacial score (nSPS) is 21.1. The second-order valence-electron chi connectivity index (χ2n) is 6.52. The third-order valence-corrected chi connectivity index (χ3v) is 4.35. The molecule has 0 aromatic heterocycles. The Kier molecular flexibility index (Phi) is 9.88. The van der Waals surface area contributed by atoms with E-state index in [0.29, 0.717) is 18.6 Å². The molecule has 1 aliphatic heterocycles. The molecule has 0 aromatic carbocycles. The van der Waals surface area contributed by atoms with E-state index in [-0.39, 0.29) is 18.0 Å². The molecule has 0 bridgehead atoms. The molecule has 1 rings (SSSR count). The van der Waals surface area contributed by atoms with Gasteiger partial charge in [-0.15, -0.1) is 0 Å². The molecule has 3 atom stereocenters. The SMILES string of the molecule is CCCC=C(C[C@@H]1OC(=O)[C@H]1CCCCCC)OC(=O)[C@H](C)NC=O. The quantitative estimate of drug-likeness (QED) is 0.238. The van der Waals surface area contributed by atoms with Crippen molar-refractivity contribution in [2.45, 2.75) is 84.3 Å². The lowest BCUT2D eigenvalue weighted by Gasteiger charge is -2.35. The van der Waals surface area contributed by atoms with Crippen LogP contribution in [0.15, 0.2) is 11.8 Å². The topological polar surface area (TPSA) is 81.7 Å². The molecule has 1 aliphatic rings. The number of nitrogens with one attached hydrogen (secondary N) is 1. The van der Waals surface area contributed by atoms with Crippen molar-refractivity contribution in [3.05, 3.63) is 11.8 Å². The maximum Gasteiger partial charge on any atom is 0.333 e. The first-order chi connectivity index (χ1) is 12.0. The van der Waals surface area contributed by atoms with Crippen molar-refractivity contribution < 1.29 is 23.9 Å². The molecular weight excluding hydrogens is 322 g/mol. The van der Waals surface area contributed by atoms with E-state index >= 15 is 0 Å². The van der Waals surface area contributed by atoms with Crippen LogP contribution in [0.5, 0.6) is 0 Å². The van der Waals surface area contributed by atoms with Crippen LogP contribution in [-0.4, -0.2) is 30.5 Å². The molecular formula is C19H31NO5. The zero-order valence-corrected chi connectivity index (χ0v) is 15.6. The zero-order chi connectivity index (χ0) is 18.7. The molecule has 0 radical (unpaired) electrons. The summed E-state index contributed by atoms with van der Waals surface area (Å²) in [5.74, 6) is -0.258. The van der Waals surface area contributed by atoms with Gasteiger partial charge >= 0.3 is 11.9 Å². The molecule has 1 fully saturated rings. The number of hydrogen-bond donors (Lipinski definition) is 1. The number of ether oxygens (including phenoxy) is 2. The van der Waals surface area contributed by atoms with E-state index in [1.807, 2.05) is 13.0 Å². The van der Waals surface area contributed by atoms with Crippen molar-refractivity contribution in [3.63, 3.8) is 0 Å². The van der Waals surface area contributed by atoms with Gasteiger partial charge in [-0.2, -0.15) is 0 Å². The van der Waals surface area contributed by atoms with Crippen molar-refractivity contribution in [1.82, 2.24) is 5.32 Å². The molecule has 0 saturated carbocycles. The lowest BCUT2D eigenvalue weighted by Crippen LogP contribution is -2.45. The molecule has 1 N–H and O–H groups in total. The maximum absolute atomic E-state index is 12.0. The average molecular weight is 353 g/mol. The first-order valence-corrected chi connectivity index (χ1v) is 9.34. The number of hydrogen-bond acceptors (Lipinski definition) is 5. The van der Waals surface area contributed by atoms with Crippen LogP contribution >= 0.6 is 0 Å². The van der Waals surface area contributed by atoms with E-state index in [4.69, 9.17) is 9.47 Å². The van der Waals surface area contributed by atoms with Gasteiger partial charge in [0, 0.05) is 6.42 Å². The summed E-state index contributed by atoms with van der Waals surface area (Å²) in [5, 5.41) is 2.38. The fraction of sp³-hybridized carbons (Fsp3) is 0.737. The number of carbonyl (C=O) groups is 3. The summed E-state index contributed by atoms with van der Waals surface area (Å²) in [7, 11) is 0. The summed E-state index contributed by atoms with van der Waals surface area (Å²) in [6.07, 6.45) is 9.51. The summed E-state index contributed by atoms with van der Waals surface area (Å²) in [6.45, 7) is 5.75. The lowest BCUT2D eigenvalue weighted by molar-refractivity contribution is -0.185. The van der Waals surface area contributed by atoms with Crippen LogP contribution in [0.2, 0.25) is 0 Å². The second kappa shape index (κ2) is 11.7. The largest absolute Gasteiger partial charge is 0.461 e. The Labute approximate surface area is 150 Å². The summed E-state index contributed by atoms with van der Waals surface area (Å²) in [5.41, 5.74) is 0. The van der Waals surface area contributed by atoms with Gasteiger partial charge in [0.2, 0.25) is 6.41 Å². The Hall–Kier alpha value is -1.85. The summed E-state index contributed by atoms with van der Waals surface area (Å²) >= 11 is 0. The summed E-state index contributed by atoms with van der Waals surface area (Å²) in [4.78, 5) is 34.2. The van der Waals surface area contributed by atoms with Crippen molar-refractivity contribution in [2.75, 3.05) is 0 Å². The number of esters is 2. The Bertz CT molecular complexity index is 474. The Balaban J connectivity index is 2.57. The van der Waals surface area contributed by atoms with Crippen molar-refractivity contribution in [2.24, 2.45) is 5.92 Å². The highest BCUT2D eigenvalue weighted by Gasteiger charge is 2.42. The second-order valence-corrected chi connectivity index (χ2v) is 6.52. The fourth-order valence-electron chi connectivity index (χ4n) is 2.73. The van der Waals surface area contributed by atoms with E-state index in [2.05, 4.69) is 12.2 Å². The van der Waals surface area contributed by atoms with Crippen molar-refractivity contribution in [1.29, 1.82) is 0 Å². The summed E-state index contributed by atoms with van der Waals surface area (Å²) < 4.78 is 10.7. The smallest absolute Gasteiger partial charge is 0.333 e. The first-order valence-electron chi connectivity index (χ1n) is 9.34. The van der Waals surface area contributed by atoms with Crippen LogP contribution in [0.3, 0.4) is 0 Å². The van der Waals surface area contributed by atoms with Crippen molar-refractivity contribution >= 4 is 18.3 Å². The Morgan fingerprint density at radius 2 is 2.04 bits per heavy atom. The molecule has 1 heterocycles. The molecule has 0 unspecified atom stereocenters. The van der Waals surface area contributed by atoms with Gasteiger partial charge in [0.1, 0.15) is 17.9 Å². The zero-order valence-electron chi connectivity index (χ0n) is 15.6. The van der Waals surface area contributed by atoms with E-state index in [1.54, 1.807) is 6.92 Å². The number of carbonyl (C=O) groups excluding carboxylic acids is 3. The van der Waals surface area contributed by atoms with E-state index < -0.39 is 12.0 Å². The standard InChI is InChI=1S/C19H31NO5/c1-4-6-8-9-11-16-17(25-19(16)23)12-15(10-7-5-2)24-18(22)14(3)20-13-21/h10,13-14,16-17H,4-9,11-12H2,1-3H3,(H,20,21)/t14-,16-,17-/m0/s1. The maximum atomic E-state index is 12.0. The van der Waals surface area contributed by atoms with Crippen LogP contribution in [0.4, 0.5) is 0 Å².